The van der Waals surface area contributed by atoms with Crippen LogP contribution < -0.4 is 5.32 Å². The molecule has 0 heterocycles. The average Bonchev–Trinajstić information content (AvgIpc) is 2.48. The molecular formula is C17H20FNO2. The summed E-state index contributed by atoms with van der Waals surface area (Å²) in [5.74, 6) is 0.0000467. The Hall–Kier alpha value is -1.91. The highest BCUT2D eigenvalue weighted by molar-refractivity contribution is 5.26. The lowest BCUT2D eigenvalue weighted by Crippen LogP contribution is -2.23. The van der Waals surface area contributed by atoms with Crippen LogP contribution in [0.4, 0.5) is 4.39 Å². The molecule has 2 rings (SSSR count). The van der Waals surface area contributed by atoms with Gasteiger partial charge in [-0.1, -0.05) is 24.3 Å². The van der Waals surface area contributed by atoms with Crippen LogP contribution in [-0.2, 0) is 6.42 Å². The second-order valence-electron chi connectivity index (χ2n) is 5.14. The number of rotatable bonds is 6. The molecule has 0 aliphatic carbocycles. The minimum Gasteiger partial charge on any atom is -0.508 e. The predicted octanol–water partition coefficient (Wildman–Crippen LogP) is 2.71. The maximum absolute atomic E-state index is 13.2. The van der Waals surface area contributed by atoms with Crippen molar-refractivity contribution in [3.8, 4) is 5.75 Å². The topological polar surface area (TPSA) is 52.5 Å². The van der Waals surface area contributed by atoms with Crippen molar-refractivity contribution in [2.24, 2.45) is 0 Å². The molecule has 3 nitrogen and oxygen atoms in total. The second kappa shape index (κ2) is 7.20. The largest absolute Gasteiger partial charge is 0.508 e. The predicted molar refractivity (Wildman–Crippen MR) is 80.8 cm³/mol. The van der Waals surface area contributed by atoms with Gasteiger partial charge in [0.1, 0.15) is 11.6 Å². The fourth-order valence-electron chi connectivity index (χ4n) is 2.13. The third-order valence-electron chi connectivity index (χ3n) is 3.43. The molecule has 0 amide bonds. The van der Waals surface area contributed by atoms with Gasteiger partial charge in [-0.05, 0) is 54.8 Å². The number of aliphatic hydroxyl groups is 1. The minimum absolute atomic E-state index is 0.258. The second-order valence-corrected chi connectivity index (χ2v) is 5.14. The molecule has 3 N–H and O–H groups in total. The van der Waals surface area contributed by atoms with Gasteiger partial charge in [-0.3, -0.25) is 0 Å². The molecule has 0 saturated heterocycles. The van der Waals surface area contributed by atoms with E-state index < -0.39 is 6.10 Å². The summed E-state index contributed by atoms with van der Waals surface area (Å²) in [6.45, 7) is 2.83. The Morgan fingerprint density at radius 2 is 1.86 bits per heavy atom. The van der Waals surface area contributed by atoms with Gasteiger partial charge in [0, 0.05) is 6.54 Å². The Morgan fingerprint density at radius 1 is 1.14 bits per heavy atom. The molecule has 0 radical (unpaired) electrons. The molecule has 1 unspecified atom stereocenters. The fraction of sp³-hybridized carbons (Fsp3) is 0.294. The van der Waals surface area contributed by atoms with E-state index in [-0.39, 0.29) is 11.6 Å². The molecule has 0 aliphatic heterocycles. The highest BCUT2D eigenvalue weighted by Crippen LogP contribution is 2.16. The Bertz CT molecular complexity index is 584. The first-order valence-corrected chi connectivity index (χ1v) is 6.99. The molecular weight excluding hydrogens is 269 g/mol. The van der Waals surface area contributed by atoms with Crippen molar-refractivity contribution in [2.75, 3.05) is 13.1 Å². The number of aryl methyl sites for hydroxylation is 1. The summed E-state index contributed by atoms with van der Waals surface area (Å²) in [4.78, 5) is 0. The van der Waals surface area contributed by atoms with Crippen LogP contribution >= 0.6 is 0 Å². The van der Waals surface area contributed by atoms with E-state index in [1.165, 1.54) is 6.07 Å². The lowest BCUT2D eigenvalue weighted by atomic mass is 10.1. The Labute approximate surface area is 124 Å². The molecule has 0 spiro atoms. The van der Waals surface area contributed by atoms with E-state index in [1.807, 2.05) is 12.1 Å². The average molecular weight is 289 g/mol. The number of nitrogens with one attached hydrogen (secondary N) is 1. The van der Waals surface area contributed by atoms with Crippen molar-refractivity contribution < 1.29 is 14.6 Å². The molecule has 2 aromatic carbocycles. The smallest absolute Gasteiger partial charge is 0.126 e. The number of phenolic OH excluding ortho intramolecular Hbond substituents is 1. The highest BCUT2D eigenvalue weighted by Gasteiger charge is 2.08. The van der Waals surface area contributed by atoms with Crippen molar-refractivity contribution in [1.82, 2.24) is 5.32 Å². The summed E-state index contributed by atoms with van der Waals surface area (Å²) in [6, 6.07) is 11.7. The zero-order valence-electron chi connectivity index (χ0n) is 12.0. The maximum Gasteiger partial charge on any atom is 0.126 e. The molecule has 0 aliphatic rings. The van der Waals surface area contributed by atoms with Crippen LogP contribution in [0.5, 0.6) is 5.75 Å². The number of benzene rings is 2. The van der Waals surface area contributed by atoms with Crippen LogP contribution in [0.25, 0.3) is 0 Å². The Morgan fingerprint density at radius 3 is 2.52 bits per heavy atom. The van der Waals surface area contributed by atoms with Crippen LogP contribution in [0.2, 0.25) is 0 Å². The van der Waals surface area contributed by atoms with Gasteiger partial charge in [-0.15, -0.1) is 0 Å². The molecule has 1 atom stereocenters. The van der Waals surface area contributed by atoms with Gasteiger partial charge in [0.2, 0.25) is 0 Å². The minimum atomic E-state index is -0.649. The molecule has 21 heavy (non-hydrogen) atoms. The number of phenols is 1. The van der Waals surface area contributed by atoms with Crippen LogP contribution in [0, 0.1) is 12.7 Å². The van der Waals surface area contributed by atoms with Gasteiger partial charge in [0.05, 0.1) is 6.10 Å². The zero-order chi connectivity index (χ0) is 15.2. The van der Waals surface area contributed by atoms with Gasteiger partial charge in [-0.2, -0.15) is 0 Å². The molecule has 112 valence electrons. The summed E-state index contributed by atoms with van der Waals surface area (Å²) >= 11 is 0. The third-order valence-corrected chi connectivity index (χ3v) is 3.43. The van der Waals surface area contributed by atoms with Gasteiger partial charge in [0.15, 0.2) is 0 Å². The summed E-state index contributed by atoms with van der Waals surface area (Å²) in [5, 5.41) is 22.4. The third kappa shape index (κ3) is 4.55. The first-order valence-electron chi connectivity index (χ1n) is 6.99. The standard InChI is InChI=1S/C17H20FNO2/c1-12-10-14(4-7-16(12)18)17(21)11-19-9-8-13-2-5-15(20)6-3-13/h2-7,10,17,19-21H,8-9,11H2,1H3. The lowest BCUT2D eigenvalue weighted by molar-refractivity contribution is 0.175. The van der Waals surface area contributed by atoms with Crippen molar-refractivity contribution in [2.45, 2.75) is 19.4 Å². The summed E-state index contributed by atoms with van der Waals surface area (Å²) in [5.41, 5.74) is 2.37. The van der Waals surface area contributed by atoms with Crippen molar-refractivity contribution in [1.29, 1.82) is 0 Å². The van der Waals surface area contributed by atoms with Crippen molar-refractivity contribution in [3.63, 3.8) is 0 Å². The van der Waals surface area contributed by atoms with E-state index >= 15 is 0 Å². The van der Waals surface area contributed by atoms with E-state index in [4.69, 9.17) is 0 Å². The lowest BCUT2D eigenvalue weighted by Gasteiger charge is -2.13. The first kappa shape index (κ1) is 15.5. The number of aromatic hydroxyl groups is 1. The molecule has 2 aromatic rings. The first-order chi connectivity index (χ1) is 10.1. The van der Waals surface area contributed by atoms with Gasteiger partial charge in [-0.25, -0.2) is 4.39 Å². The molecule has 0 aromatic heterocycles. The van der Waals surface area contributed by atoms with Crippen LogP contribution in [0.3, 0.4) is 0 Å². The van der Waals surface area contributed by atoms with E-state index in [0.717, 1.165) is 18.5 Å². The van der Waals surface area contributed by atoms with Crippen molar-refractivity contribution >= 4 is 0 Å². The van der Waals surface area contributed by atoms with Crippen LogP contribution in [0.1, 0.15) is 22.8 Å². The van der Waals surface area contributed by atoms with E-state index in [0.29, 0.717) is 17.7 Å². The van der Waals surface area contributed by atoms with Crippen molar-refractivity contribution in [3.05, 3.63) is 65.0 Å². The van der Waals surface area contributed by atoms with Gasteiger partial charge < -0.3 is 15.5 Å². The van der Waals surface area contributed by atoms with Crippen LogP contribution in [0.15, 0.2) is 42.5 Å². The quantitative estimate of drug-likeness (QED) is 0.717. The number of hydrogen-bond donors (Lipinski definition) is 3. The highest BCUT2D eigenvalue weighted by atomic mass is 19.1. The Balaban J connectivity index is 1.77. The van der Waals surface area contributed by atoms with E-state index in [2.05, 4.69) is 5.32 Å². The molecule has 0 saturated carbocycles. The monoisotopic (exact) mass is 289 g/mol. The number of halogens is 1. The number of hydrogen-bond acceptors (Lipinski definition) is 3. The van der Waals surface area contributed by atoms with Crippen LogP contribution in [-0.4, -0.2) is 23.3 Å². The summed E-state index contributed by atoms with van der Waals surface area (Å²) < 4.78 is 13.2. The SMILES string of the molecule is Cc1cc(C(O)CNCCc2ccc(O)cc2)ccc1F. The number of aliphatic hydroxyl groups excluding tert-OH is 1. The van der Waals surface area contributed by atoms with E-state index in [9.17, 15) is 14.6 Å². The van der Waals surface area contributed by atoms with Gasteiger partial charge in [0.25, 0.3) is 0 Å². The normalized spacial score (nSPS) is 12.3. The summed E-state index contributed by atoms with van der Waals surface area (Å²) in [6.07, 6.45) is 0.166. The Kier molecular flexibility index (Phi) is 5.31. The molecule has 4 heteroatoms. The maximum atomic E-state index is 13.2. The van der Waals surface area contributed by atoms with Gasteiger partial charge >= 0.3 is 0 Å². The van der Waals surface area contributed by atoms with E-state index in [1.54, 1.807) is 31.2 Å². The zero-order valence-corrected chi connectivity index (χ0v) is 12.0. The molecule has 0 bridgehead atoms. The fourth-order valence-corrected chi connectivity index (χ4v) is 2.13. The molecule has 0 fully saturated rings. The summed E-state index contributed by atoms with van der Waals surface area (Å²) in [7, 11) is 0.